The van der Waals surface area contributed by atoms with Gasteiger partial charge in [0.1, 0.15) is 11.9 Å². The Labute approximate surface area is 88.0 Å². The Bertz CT molecular complexity index is 364. The van der Waals surface area contributed by atoms with Crippen molar-refractivity contribution in [2.75, 3.05) is 13.7 Å². The standard InChI is InChI=1S/C11H14FNO2/c1-7(12)8-4-3-5-9(10(14)6-13)11(8)15-2/h3-5,7H,6,13H2,1-2H3. The molecule has 0 saturated heterocycles. The number of hydrogen-bond donors (Lipinski definition) is 1. The van der Waals surface area contributed by atoms with Crippen LogP contribution in [0.25, 0.3) is 0 Å². The van der Waals surface area contributed by atoms with E-state index in [4.69, 9.17) is 10.5 Å². The van der Waals surface area contributed by atoms with Crippen LogP contribution in [0.15, 0.2) is 18.2 Å². The van der Waals surface area contributed by atoms with Gasteiger partial charge in [-0.1, -0.05) is 12.1 Å². The number of ketones is 1. The van der Waals surface area contributed by atoms with Crippen LogP contribution in [0, 0.1) is 0 Å². The molecule has 0 aliphatic rings. The highest BCUT2D eigenvalue weighted by Crippen LogP contribution is 2.30. The topological polar surface area (TPSA) is 52.3 Å². The summed E-state index contributed by atoms with van der Waals surface area (Å²) in [5.41, 5.74) is 5.96. The highest BCUT2D eigenvalue weighted by molar-refractivity contribution is 6.00. The number of nitrogens with two attached hydrogens (primary N) is 1. The Hall–Kier alpha value is -1.42. The van der Waals surface area contributed by atoms with Crippen LogP contribution >= 0.6 is 0 Å². The fourth-order valence-electron chi connectivity index (χ4n) is 1.43. The number of halogens is 1. The Balaban J connectivity index is 3.28. The van der Waals surface area contributed by atoms with Gasteiger partial charge in [-0.2, -0.15) is 0 Å². The maximum Gasteiger partial charge on any atom is 0.180 e. The largest absolute Gasteiger partial charge is 0.496 e. The molecule has 0 bridgehead atoms. The number of carbonyl (C=O) groups excluding carboxylic acids is 1. The summed E-state index contributed by atoms with van der Waals surface area (Å²) in [7, 11) is 1.41. The molecule has 1 aromatic rings. The van der Waals surface area contributed by atoms with Crippen molar-refractivity contribution in [3.63, 3.8) is 0 Å². The van der Waals surface area contributed by atoms with E-state index in [0.29, 0.717) is 11.1 Å². The van der Waals surface area contributed by atoms with Crippen LogP contribution in [0.1, 0.15) is 29.0 Å². The van der Waals surface area contributed by atoms with Crippen molar-refractivity contribution in [2.24, 2.45) is 5.73 Å². The number of Topliss-reactive ketones (excluding diaryl/α,β-unsaturated/α-hetero) is 1. The van der Waals surface area contributed by atoms with Gasteiger partial charge in [-0.3, -0.25) is 4.79 Å². The third-order valence-corrected chi connectivity index (χ3v) is 2.16. The van der Waals surface area contributed by atoms with Crippen LogP contribution in [0.5, 0.6) is 5.75 Å². The van der Waals surface area contributed by atoms with E-state index in [-0.39, 0.29) is 18.1 Å². The smallest absolute Gasteiger partial charge is 0.180 e. The minimum Gasteiger partial charge on any atom is -0.496 e. The lowest BCUT2D eigenvalue weighted by Crippen LogP contribution is -2.15. The maximum atomic E-state index is 13.2. The minimum absolute atomic E-state index is 0.111. The average molecular weight is 211 g/mol. The van der Waals surface area contributed by atoms with Crippen LogP contribution in [0.4, 0.5) is 4.39 Å². The molecule has 3 nitrogen and oxygen atoms in total. The highest BCUT2D eigenvalue weighted by atomic mass is 19.1. The molecule has 82 valence electrons. The van der Waals surface area contributed by atoms with Crippen LogP contribution in [0.2, 0.25) is 0 Å². The molecule has 0 amide bonds. The molecule has 4 heteroatoms. The zero-order valence-electron chi connectivity index (χ0n) is 8.79. The molecule has 1 atom stereocenters. The number of rotatable bonds is 4. The summed E-state index contributed by atoms with van der Waals surface area (Å²) in [4.78, 5) is 11.4. The van der Waals surface area contributed by atoms with E-state index >= 15 is 0 Å². The molecule has 1 unspecified atom stereocenters. The van der Waals surface area contributed by atoms with Gasteiger partial charge >= 0.3 is 0 Å². The second-order valence-corrected chi connectivity index (χ2v) is 3.17. The van der Waals surface area contributed by atoms with Crippen molar-refractivity contribution in [3.8, 4) is 5.75 Å². The van der Waals surface area contributed by atoms with E-state index in [1.807, 2.05) is 0 Å². The Morgan fingerprint density at radius 3 is 2.73 bits per heavy atom. The zero-order valence-corrected chi connectivity index (χ0v) is 8.79. The second kappa shape index (κ2) is 4.89. The molecule has 0 aliphatic carbocycles. The van der Waals surface area contributed by atoms with Gasteiger partial charge < -0.3 is 10.5 Å². The first-order chi connectivity index (χ1) is 7.11. The summed E-state index contributed by atoms with van der Waals surface area (Å²) in [5, 5.41) is 0. The number of para-hydroxylation sites is 1. The SMILES string of the molecule is COc1c(C(=O)CN)cccc1C(C)F. The van der Waals surface area contributed by atoms with Gasteiger partial charge in [0, 0.05) is 5.56 Å². The fourth-order valence-corrected chi connectivity index (χ4v) is 1.43. The normalized spacial score (nSPS) is 12.3. The first-order valence-electron chi connectivity index (χ1n) is 4.66. The molecule has 0 radical (unpaired) electrons. The molecule has 0 saturated carbocycles. The van der Waals surface area contributed by atoms with Crippen LogP contribution < -0.4 is 10.5 Å². The van der Waals surface area contributed by atoms with E-state index in [2.05, 4.69) is 0 Å². The Morgan fingerprint density at radius 2 is 2.27 bits per heavy atom. The first kappa shape index (κ1) is 11.7. The number of benzene rings is 1. The first-order valence-corrected chi connectivity index (χ1v) is 4.66. The third-order valence-electron chi connectivity index (χ3n) is 2.16. The van der Waals surface area contributed by atoms with E-state index in [1.165, 1.54) is 14.0 Å². The predicted octanol–water partition coefficient (Wildman–Crippen LogP) is 1.87. The highest BCUT2D eigenvalue weighted by Gasteiger charge is 2.17. The molecule has 1 rings (SSSR count). The van der Waals surface area contributed by atoms with Gasteiger partial charge in [-0.05, 0) is 13.0 Å². The molecule has 15 heavy (non-hydrogen) atoms. The number of ether oxygens (including phenoxy) is 1. The molecule has 2 N–H and O–H groups in total. The van der Waals surface area contributed by atoms with Crippen LogP contribution in [-0.2, 0) is 0 Å². The average Bonchev–Trinajstić information content (AvgIpc) is 2.26. The molecule has 0 fully saturated rings. The summed E-state index contributed by atoms with van der Waals surface area (Å²) in [6.07, 6.45) is -1.18. The van der Waals surface area contributed by atoms with E-state index < -0.39 is 6.17 Å². The van der Waals surface area contributed by atoms with Gasteiger partial charge in [0.05, 0.1) is 19.2 Å². The molecular formula is C11H14FNO2. The number of carbonyl (C=O) groups is 1. The number of methoxy groups -OCH3 is 1. The summed E-state index contributed by atoms with van der Waals surface area (Å²) in [6, 6.07) is 4.80. The van der Waals surface area contributed by atoms with E-state index in [9.17, 15) is 9.18 Å². The number of hydrogen-bond acceptors (Lipinski definition) is 3. The molecule has 0 heterocycles. The van der Waals surface area contributed by atoms with Crippen molar-refractivity contribution in [3.05, 3.63) is 29.3 Å². The molecular weight excluding hydrogens is 197 g/mol. The Kier molecular flexibility index (Phi) is 3.80. The van der Waals surface area contributed by atoms with Gasteiger partial charge in [-0.25, -0.2) is 4.39 Å². The summed E-state index contributed by atoms with van der Waals surface area (Å²) >= 11 is 0. The second-order valence-electron chi connectivity index (χ2n) is 3.17. The van der Waals surface area contributed by atoms with Crippen molar-refractivity contribution < 1.29 is 13.9 Å². The quantitative estimate of drug-likeness (QED) is 0.773. The zero-order chi connectivity index (χ0) is 11.4. The van der Waals surface area contributed by atoms with Crippen LogP contribution in [0.3, 0.4) is 0 Å². The summed E-state index contributed by atoms with van der Waals surface area (Å²) in [6.45, 7) is 1.29. The van der Waals surface area contributed by atoms with E-state index in [1.54, 1.807) is 18.2 Å². The van der Waals surface area contributed by atoms with Crippen LogP contribution in [-0.4, -0.2) is 19.4 Å². The summed E-state index contributed by atoms with van der Waals surface area (Å²) in [5.74, 6) is 0.0253. The van der Waals surface area contributed by atoms with Gasteiger partial charge in [0.25, 0.3) is 0 Å². The van der Waals surface area contributed by atoms with Gasteiger partial charge in [0.2, 0.25) is 0 Å². The van der Waals surface area contributed by atoms with Crippen molar-refractivity contribution in [2.45, 2.75) is 13.1 Å². The lowest BCUT2D eigenvalue weighted by atomic mass is 10.0. The van der Waals surface area contributed by atoms with Crippen molar-refractivity contribution in [1.82, 2.24) is 0 Å². The molecule has 0 aliphatic heterocycles. The Morgan fingerprint density at radius 1 is 1.60 bits per heavy atom. The maximum absolute atomic E-state index is 13.2. The van der Waals surface area contributed by atoms with Gasteiger partial charge in [-0.15, -0.1) is 0 Å². The van der Waals surface area contributed by atoms with Crippen molar-refractivity contribution >= 4 is 5.78 Å². The monoisotopic (exact) mass is 211 g/mol. The van der Waals surface area contributed by atoms with Crippen molar-refractivity contribution in [1.29, 1.82) is 0 Å². The number of alkyl halides is 1. The lowest BCUT2D eigenvalue weighted by Gasteiger charge is -2.12. The third kappa shape index (κ3) is 2.33. The summed E-state index contributed by atoms with van der Waals surface area (Å²) < 4.78 is 18.3. The minimum atomic E-state index is -1.18. The molecule has 1 aromatic carbocycles. The molecule has 0 aromatic heterocycles. The fraction of sp³-hybridized carbons (Fsp3) is 0.364. The van der Waals surface area contributed by atoms with E-state index in [0.717, 1.165) is 0 Å². The molecule has 0 spiro atoms. The predicted molar refractivity (Wildman–Crippen MR) is 55.9 cm³/mol. The van der Waals surface area contributed by atoms with Gasteiger partial charge in [0.15, 0.2) is 5.78 Å². The lowest BCUT2D eigenvalue weighted by molar-refractivity contribution is 0.0998.